The van der Waals surface area contributed by atoms with Gasteiger partial charge in [0.25, 0.3) is 0 Å². The number of amides is 1. The Morgan fingerprint density at radius 2 is 2.23 bits per heavy atom. The second-order valence-corrected chi connectivity index (χ2v) is 7.19. The average Bonchev–Trinajstić information content (AvgIpc) is 3.15. The van der Waals surface area contributed by atoms with Crippen molar-refractivity contribution in [3.63, 3.8) is 0 Å². The van der Waals surface area contributed by atoms with Crippen molar-refractivity contribution in [1.82, 2.24) is 29.5 Å². The van der Waals surface area contributed by atoms with Gasteiger partial charge < -0.3 is 9.88 Å². The molecule has 0 saturated carbocycles. The number of aryl methyl sites for hydroxylation is 2. The molecule has 26 heavy (non-hydrogen) atoms. The summed E-state index contributed by atoms with van der Waals surface area (Å²) in [6.45, 7) is 10.9. The van der Waals surface area contributed by atoms with Crippen molar-refractivity contribution in [3.8, 4) is 0 Å². The summed E-state index contributed by atoms with van der Waals surface area (Å²) in [5.41, 5.74) is 2.20. The van der Waals surface area contributed by atoms with Gasteiger partial charge in [-0.2, -0.15) is 5.10 Å². The van der Waals surface area contributed by atoms with Gasteiger partial charge in [-0.15, -0.1) is 0 Å². The summed E-state index contributed by atoms with van der Waals surface area (Å²) in [6.07, 6.45) is 6.43. The van der Waals surface area contributed by atoms with Gasteiger partial charge in [-0.3, -0.25) is 14.4 Å². The van der Waals surface area contributed by atoms with Crippen LogP contribution in [0.3, 0.4) is 0 Å². The van der Waals surface area contributed by atoms with Crippen molar-refractivity contribution < 1.29 is 4.79 Å². The third-order valence-corrected chi connectivity index (χ3v) is 4.97. The molecule has 0 unspecified atom stereocenters. The van der Waals surface area contributed by atoms with E-state index < -0.39 is 0 Å². The van der Waals surface area contributed by atoms with Gasteiger partial charge >= 0.3 is 0 Å². The molecule has 142 valence electrons. The monoisotopic (exact) mass is 358 g/mol. The number of hydrogen-bond donors (Lipinski definition) is 1. The van der Waals surface area contributed by atoms with Crippen LogP contribution in [0.1, 0.15) is 56.4 Å². The second-order valence-electron chi connectivity index (χ2n) is 7.19. The first-order valence-corrected chi connectivity index (χ1v) is 9.61. The van der Waals surface area contributed by atoms with E-state index in [4.69, 9.17) is 0 Å². The molecule has 2 aromatic heterocycles. The molecule has 2 aromatic rings. The van der Waals surface area contributed by atoms with Crippen molar-refractivity contribution >= 4 is 5.91 Å². The van der Waals surface area contributed by atoms with Crippen LogP contribution in [-0.4, -0.2) is 43.2 Å². The fourth-order valence-corrected chi connectivity index (χ4v) is 3.66. The standard InChI is InChI=1S/C19H30N6O/c1-4-7-23-8-5-9-25-18(14-23)12-17(22-25)13-21-19(26)11-15(2)24-10-6-20-16(24)3/h6,10,12,15H,4-5,7-9,11,13-14H2,1-3H3,(H,21,26)/t15-/m0/s1. The van der Waals surface area contributed by atoms with Crippen molar-refractivity contribution in [2.45, 2.75) is 65.7 Å². The molecule has 3 heterocycles. The number of carbonyl (C=O) groups excluding carboxylic acids is 1. The van der Waals surface area contributed by atoms with Crippen LogP contribution in [0.4, 0.5) is 0 Å². The molecule has 0 radical (unpaired) electrons. The Balaban J connectivity index is 1.53. The Bertz CT molecular complexity index is 734. The number of nitrogens with one attached hydrogen (secondary N) is 1. The van der Waals surface area contributed by atoms with Gasteiger partial charge in [0, 0.05) is 44.5 Å². The highest BCUT2D eigenvalue weighted by atomic mass is 16.1. The predicted octanol–water partition coefficient (Wildman–Crippen LogP) is 2.27. The van der Waals surface area contributed by atoms with Gasteiger partial charge in [0.1, 0.15) is 5.82 Å². The van der Waals surface area contributed by atoms with Crippen molar-refractivity contribution in [3.05, 3.63) is 35.7 Å². The number of imidazole rings is 1. The Labute approximate surface area is 155 Å². The van der Waals surface area contributed by atoms with E-state index >= 15 is 0 Å². The molecule has 7 nitrogen and oxygen atoms in total. The van der Waals surface area contributed by atoms with Crippen molar-refractivity contribution in [2.24, 2.45) is 0 Å². The fraction of sp³-hybridized carbons (Fsp3) is 0.632. The lowest BCUT2D eigenvalue weighted by atomic mass is 10.2. The first kappa shape index (κ1) is 18.6. The third-order valence-electron chi connectivity index (χ3n) is 4.97. The molecule has 1 atom stereocenters. The lowest BCUT2D eigenvalue weighted by Gasteiger charge is -2.17. The summed E-state index contributed by atoms with van der Waals surface area (Å²) < 4.78 is 4.13. The molecular formula is C19H30N6O. The smallest absolute Gasteiger partial charge is 0.222 e. The number of carbonyl (C=O) groups is 1. The largest absolute Gasteiger partial charge is 0.350 e. The summed E-state index contributed by atoms with van der Waals surface area (Å²) in [5, 5.41) is 7.69. The average molecular weight is 358 g/mol. The van der Waals surface area contributed by atoms with E-state index in [1.165, 1.54) is 12.1 Å². The zero-order chi connectivity index (χ0) is 18.5. The topological polar surface area (TPSA) is 68.0 Å². The normalized spacial score (nSPS) is 16.1. The molecule has 0 saturated heterocycles. The zero-order valence-electron chi connectivity index (χ0n) is 16.1. The van der Waals surface area contributed by atoms with Crippen LogP contribution in [0.5, 0.6) is 0 Å². The molecule has 3 rings (SSSR count). The molecule has 0 aromatic carbocycles. The Hall–Kier alpha value is -2.15. The number of rotatable bonds is 7. The van der Waals surface area contributed by atoms with Crippen LogP contribution in [-0.2, 0) is 24.4 Å². The first-order valence-electron chi connectivity index (χ1n) is 9.61. The highest BCUT2D eigenvalue weighted by Gasteiger charge is 2.17. The maximum atomic E-state index is 12.3. The van der Waals surface area contributed by atoms with Crippen molar-refractivity contribution in [2.75, 3.05) is 13.1 Å². The molecule has 0 aliphatic carbocycles. The molecular weight excluding hydrogens is 328 g/mol. The van der Waals surface area contributed by atoms with Crippen LogP contribution in [0, 0.1) is 6.92 Å². The number of aromatic nitrogens is 4. The molecule has 0 fully saturated rings. The molecule has 0 bridgehead atoms. The lowest BCUT2D eigenvalue weighted by molar-refractivity contribution is -0.121. The van der Waals surface area contributed by atoms with E-state index in [2.05, 4.69) is 38.0 Å². The van der Waals surface area contributed by atoms with E-state index in [-0.39, 0.29) is 11.9 Å². The fourth-order valence-electron chi connectivity index (χ4n) is 3.66. The highest BCUT2D eigenvalue weighted by molar-refractivity contribution is 5.76. The molecule has 1 aliphatic heterocycles. The van der Waals surface area contributed by atoms with E-state index in [1.807, 2.05) is 24.6 Å². The molecule has 1 aliphatic rings. The van der Waals surface area contributed by atoms with Gasteiger partial charge in [0.2, 0.25) is 5.91 Å². The summed E-state index contributed by atoms with van der Waals surface area (Å²) in [7, 11) is 0. The zero-order valence-corrected chi connectivity index (χ0v) is 16.1. The maximum absolute atomic E-state index is 12.3. The van der Waals surface area contributed by atoms with Gasteiger partial charge in [0.15, 0.2) is 0 Å². The SMILES string of the molecule is CCCN1CCCn2nc(CNC(=O)C[C@H](C)n3ccnc3C)cc2C1. The van der Waals surface area contributed by atoms with E-state index in [0.717, 1.165) is 44.1 Å². The van der Waals surface area contributed by atoms with Gasteiger partial charge in [-0.25, -0.2) is 4.98 Å². The van der Waals surface area contributed by atoms with Gasteiger partial charge in [-0.1, -0.05) is 6.92 Å². The van der Waals surface area contributed by atoms with Crippen LogP contribution in [0.15, 0.2) is 18.5 Å². The minimum atomic E-state index is 0.0430. The van der Waals surface area contributed by atoms with Crippen LogP contribution >= 0.6 is 0 Å². The van der Waals surface area contributed by atoms with Gasteiger partial charge in [0.05, 0.1) is 17.9 Å². The van der Waals surface area contributed by atoms with E-state index in [1.54, 1.807) is 6.20 Å². The minimum Gasteiger partial charge on any atom is -0.350 e. The van der Waals surface area contributed by atoms with Crippen LogP contribution in [0.25, 0.3) is 0 Å². The second kappa shape index (κ2) is 8.49. The predicted molar refractivity (Wildman–Crippen MR) is 101 cm³/mol. The summed E-state index contributed by atoms with van der Waals surface area (Å²) >= 11 is 0. The molecule has 1 amide bonds. The quantitative estimate of drug-likeness (QED) is 0.824. The maximum Gasteiger partial charge on any atom is 0.222 e. The molecule has 0 spiro atoms. The van der Waals surface area contributed by atoms with Crippen molar-refractivity contribution in [1.29, 1.82) is 0 Å². The summed E-state index contributed by atoms with van der Waals surface area (Å²) in [4.78, 5) is 19.0. The lowest BCUT2D eigenvalue weighted by Crippen LogP contribution is -2.26. The Kier molecular flexibility index (Phi) is 6.08. The summed E-state index contributed by atoms with van der Waals surface area (Å²) in [6, 6.07) is 2.23. The van der Waals surface area contributed by atoms with E-state index in [9.17, 15) is 4.79 Å². The first-order chi connectivity index (χ1) is 12.6. The van der Waals surface area contributed by atoms with Crippen LogP contribution in [0.2, 0.25) is 0 Å². The molecule has 1 N–H and O–H groups in total. The van der Waals surface area contributed by atoms with Gasteiger partial charge in [-0.05, 0) is 39.3 Å². The highest BCUT2D eigenvalue weighted by Crippen LogP contribution is 2.15. The number of hydrogen-bond acceptors (Lipinski definition) is 4. The van der Waals surface area contributed by atoms with E-state index in [0.29, 0.717) is 13.0 Å². The number of fused-ring (bicyclic) bond motifs is 1. The Morgan fingerprint density at radius 3 is 2.96 bits per heavy atom. The van der Waals surface area contributed by atoms with Crippen LogP contribution < -0.4 is 5.32 Å². The minimum absolute atomic E-state index is 0.0430. The number of nitrogens with zero attached hydrogens (tertiary/aromatic N) is 5. The Morgan fingerprint density at radius 1 is 1.38 bits per heavy atom. The summed E-state index contributed by atoms with van der Waals surface area (Å²) in [5.74, 6) is 0.973. The molecule has 7 heteroatoms. The third kappa shape index (κ3) is 4.52.